The maximum Gasteiger partial charge on any atom is 0.135 e. The smallest absolute Gasteiger partial charge is 0.135 e. The Morgan fingerprint density at radius 2 is 2.10 bits per heavy atom. The zero-order valence-corrected chi connectivity index (χ0v) is 6.59. The van der Waals surface area contributed by atoms with Gasteiger partial charge in [0.15, 0.2) is 0 Å². The summed E-state index contributed by atoms with van der Waals surface area (Å²) in [6.07, 6.45) is 2.63. The Morgan fingerprint density at radius 3 is 2.50 bits per heavy atom. The molecule has 0 bridgehead atoms. The van der Waals surface area contributed by atoms with Crippen LogP contribution in [0.3, 0.4) is 0 Å². The Hall–Kier alpha value is -0.660. The van der Waals surface area contributed by atoms with Crippen LogP contribution in [0.1, 0.15) is 33.1 Å². The van der Waals surface area contributed by atoms with Gasteiger partial charge in [-0.1, -0.05) is 13.8 Å². The van der Waals surface area contributed by atoms with Crippen molar-refractivity contribution in [3.05, 3.63) is 0 Å². The first kappa shape index (κ1) is 9.34. The normalized spacial score (nSPS) is 9.90. The van der Waals surface area contributed by atoms with Gasteiger partial charge >= 0.3 is 0 Å². The summed E-state index contributed by atoms with van der Waals surface area (Å²) in [6, 6.07) is 0. The molecule has 0 aromatic carbocycles. The second kappa shape index (κ2) is 5.15. The molecule has 0 aromatic heterocycles. The molecule has 0 N–H and O–H groups in total. The maximum absolute atomic E-state index is 10.9. The molecule has 0 saturated carbocycles. The Kier molecular flexibility index (Phi) is 4.81. The number of hydrogen-bond acceptors (Lipinski definition) is 2. The quantitative estimate of drug-likeness (QED) is 0.431. The Morgan fingerprint density at radius 1 is 1.50 bits per heavy atom. The highest BCUT2D eigenvalue weighted by molar-refractivity contribution is 5.80. The van der Waals surface area contributed by atoms with Crippen molar-refractivity contribution < 1.29 is 9.59 Å². The molecule has 0 unspecified atom stereocenters. The number of ketones is 1. The summed E-state index contributed by atoms with van der Waals surface area (Å²) in [5.74, 6) is 0.369. The molecule has 2 nitrogen and oxygen atoms in total. The number of rotatable bonds is 5. The van der Waals surface area contributed by atoms with Crippen molar-refractivity contribution in [2.24, 2.45) is 5.92 Å². The highest BCUT2D eigenvalue weighted by Gasteiger charge is 2.04. The molecule has 0 fully saturated rings. The zero-order chi connectivity index (χ0) is 7.98. The molecule has 0 saturated heterocycles. The Balaban J connectivity index is 3.30. The number of hydrogen-bond donors (Lipinski definition) is 0. The number of unbranched alkanes of at least 4 members (excludes halogenated alkanes) is 1. The molecule has 0 aromatic rings. The van der Waals surface area contributed by atoms with Crippen LogP contribution >= 0.6 is 0 Å². The lowest BCUT2D eigenvalue weighted by Crippen LogP contribution is -2.05. The van der Waals surface area contributed by atoms with Gasteiger partial charge in [-0.2, -0.15) is 0 Å². The third kappa shape index (κ3) is 4.24. The summed E-state index contributed by atoms with van der Waals surface area (Å²) >= 11 is 0. The van der Waals surface area contributed by atoms with E-state index in [1.807, 2.05) is 13.8 Å². The third-order valence-corrected chi connectivity index (χ3v) is 1.39. The molecule has 0 aliphatic rings. The lowest BCUT2D eigenvalue weighted by molar-refractivity contribution is -0.122. The van der Waals surface area contributed by atoms with E-state index < -0.39 is 0 Å². The van der Waals surface area contributed by atoms with E-state index in [1.165, 1.54) is 0 Å². The van der Waals surface area contributed by atoms with Gasteiger partial charge in [0.25, 0.3) is 0 Å². The fraction of sp³-hybridized carbons (Fsp3) is 0.750. The molecule has 0 atom stereocenters. The van der Waals surface area contributed by atoms with Gasteiger partial charge in [0, 0.05) is 18.8 Å². The molecule has 0 heterocycles. The number of carbonyl (C=O) groups excluding carboxylic acids is 2. The topological polar surface area (TPSA) is 34.1 Å². The second-order valence-electron chi connectivity index (χ2n) is 2.68. The SMILES string of the molecule is CC(C)C(=O)CCCC=O. The molecule has 0 aliphatic heterocycles. The summed E-state index contributed by atoms with van der Waals surface area (Å²) in [4.78, 5) is 20.7. The molecule has 0 spiro atoms. The molecule has 10 heavy (non-hydrogen) atoms. The zero-order valence-electron chi connectivity index (χ0n) is 6.59. The van der Waals surface area contributed by atoms with Crippen molar-refractivity contribution in [1.82, 2.24) is 0 Å². The van der Waals surface area contributed by atoms with E-state index in [9.17, 15) is 9.59 Å². The van der Waals surface area contributed by atoms with Crippen molar-refractivity contribution in [2.75, 3.05) is 0 Å². The number of carbonyl (C=O) groups is 2. The monoisotopic (exact) mass is 142 g/mol. The first-order valence-electron chi connectivity index (χ1n) is 3.65. The molecular formula is C8H14O2. The summed E-state index contributed by atoms with van der Waals surface area (Å²) in [5.41, 5.74) is 0. The van der Waals surface area contributed by atoms with E-state index in [0.29, 0.717) is 19.3 Å². The predicted molar refractivity (Wildman–Crippen MR) is 39.8 cm³/mol. The average molecular weight is 142 g/mol. The highest BCUT2D eigenvalue weighted by Crippen LogP contribution is 2.02. The van der Waals surface area contributed by atoms with Crippen molar-refractivity contribution in [2.45, 2.75) is 33.1 Å². The van der Waals surface area contributed by atoms with E-state index in [-0.39, 0.29) is 11.7 Å². The van der Waals surface area contributed by atoms with Crippen molar-refractivity contribution in [1.29, 1.82) is 0 Å². The summed E-state index contributed by atoms with van der Waals surface area (Å²) < 4.78 is 0. The van der Waals surface area contributed by atoms with E-state index in [4.69, 9.17) is 0 Å². The lowest BCUT2D eigenvalue weighted by atomic mass is 10.0. The van der Waals surface area contributed by atoms with Crippen molar-refractivity contribution in [3.8, 4) is 0 Å². The average Bonchev–Trinajstić information content (AvgIpc) is 1.88. The van der Waals surface area contributed by atoms with Gasteiger partial charge in [-0.25, -0.2) is 0 Å². The molecular weight excluding hydrogens is 128 g/mol. The molecule has 58 valence electrons. The van der Waals surface area contributed by atoms with Crippen LogP contribution in [-0.4, -0.2) is 12.1 Å². The molecule has 2 heteroatoms. The van der Waals surface area contributed by atoms with Gasteiger partial charge in [-0.05, 0) is 6.42 Å². The van der Waals surface area contributed by atoms with E-state index in [1.54, 1.807) is 0 Å². The van der Waals surface area contributed by atoms with Crippen LogP contribution in [-0.2, 0) is 9.59 Å². The van der Waals surface area contributed by atoms with Gasteiger partial charge in [0.1, 0.15) is 12.1 Å². The van der Waals surface area contributed by atoms with Crippen molar-refractivity contribution in [3.63, 3.8) is 0 Å². The van der Waals surface area contributed by atoms with Crippen LogP contribution in [0, 0.1) is 5.92 Å². The van der Waals surface area contributed by atoms with Crippen LogP contribution in [0.2, 0.25) is 0 Å². The van der Waals surface area contributed by atoms with E-state index in [2.05, 4.69) is 0 Å². The summed E-state index contributed by atoms with van der Waals surface area (Å²) in [5, 5.41) is 0. The lowest BCUT2D eigenvalue weighted by Gasteiger charge is -2.00. The van der Waals surface area contributed by atoms with Gasteiger partial charge in [-0.15, -0.1) is 0 Å². The summed E-state index contributed by atoms with van der Waals surface area (Å²) in [6.45, 7) is 3.76. The van der Waals surface area contributed by atoms with Gasteiger partial charge < -0.3 is 4.79 Å². The minimum absolute atomic E-state index is 0.117. The fourth-order valence-corrected chi connectivity index (χ4v) is 0.648. The van der Waals surface area contributed by atoms with Crippen LogP contribution in [0.5, 0.6) is 0 Å². The first-order valence-corrected chi connectivity index (χ1v) is 3.65. The Bertz CT molecular complexity index is 116. The van der Waals surface area contributed by atoms with E-state index >= 15 is 0 Å². The van der Waals surface area contributed by atoms with Crippen LogP contribution in [0.15, 0.2) is 0 Å². The molecule has 0 radical (unpaired) electrons. The first-order chi connectivity index (χ1) is 4.68. The summed E-state index contributed by atoms with van der Waals surface area (Å²) in [7, 11) is 0. The van der Waals surface area contributed by atoms with Gasteiger partial charge in [0.2, 0.25) is 0 Å². The van der Waals surface area contributed by atoms with Gasteiger partial charge in [0.05, 0.1) is 0 Å². The number of aldehydes is 1. The fourth-order valence-electron chi connectivity index (χ4n) is 0.648. The number of Topliss-reactive ketones (excluding diaryl/α,β-unsaturated/α-hetero) is 1. The van der Waals surface area contributed by atoms with Crippen LogP contribution in [0.4, 0.5) is 0 Å². The largest absolute Gasteiger partial charge is 0.303 e. The maximum atomic E-state index is 10.9. The van der Waals surface area contributed by atoms with Crippen molar-refractivity contribution >= 4 is 12.1 Å². The molecule has 0 aliphatic carbocycles. The highest BCUT2D eigenvalue weighted by atomic mass is 16.1. The van der Waals surface area contributed by atoms with Gasteiger partial charge in [-0.3, -0.25) is 4.79 Å². The minimum atomic E-state index is 0.117. The van der Waals surface area contributed by atoms with Crippen LogP contribution < -0.4 is 0 Å². The minimum Gasteiger partial charge on any atom is -0.303 e. The molecule has 0 rings (SSSR count). The van der Waals surface area contributed by atoms with E-state index in [0.717, 1.165) is 6.29 Å². The predicted octanol–water partition coefficient (Wildman–Crippen LogP) is 1.58. The Labute approximate surface area is 61.6 Å². The third-order valence-electron chi connectivity index (χ3n) is 1.39. The molecule has 0 amide bonds. The second-order valence-corrected chi connectivity index (χ2v) is 2.68. The standard InChI is InChI=1S/C8H14O2/c1-7(2)8(10)5-3-4-6-9/h6-7H,3-5H2,1-2H3. The van der Waals surface area contributed by atoms with Crippen LogP contribution in [0.25, 0.3) is 0 Å².